The number of hydrogen-bond donors (Lipinski definition) is 2. The van der Waals surface area contributed by atoms with Crippen LogP contribution in [0.3, 0.4) is 0 Å². The second kappa shape index (κ2) is 10.4. The van der Waals surface area contributed by atoms with E-state index in [2.05, 4.69) is 46.8 Å². The number of ether oxygens (including phenoxy) is 1. The highest BCUT2D eigenvalue weighted by molar-refractivity contribution is 5.93. The maximum Gasteiger partial charge on any atom is 0.253 e. The molecule has 1 saturated heterocycles. The second-order valence-electron chi connectivity index (χ2n) is 8.38. The Morgan fingerprint density at radius 2 is 1.74 bits per heavy atom. The largest absolute Gasteiger partial charge is 0.381 e. The molecule has 0 radical (unpaired) electrons. The van der Waals surface area contributed by atoms with E-state index in [0.29, 0.717) is 12.1 Å². The smallest absolute Gasteiger partial charge is 0.253 e. The highest BCUT2D eigenvalue weighted by atomic mass is 16.5. The number of carbonyl (C=O) groups excluding carboxylic acids is 1. The van der Waals surface area contributed by atoms with Crippen LogP contribution in [0.15, 0.2) is 53.5 Å². The number of aryl methyl sites for hydroxylation is 1. The molecule has 0 atom stereocenters. The standard InChI is InChI=1S/C25H34N4O2/c1-19-7-5-6-8-22(19)25(13-15-31-16-14-25)18-28-24(26-2)27-17-20-9-11-21(12-10-20)23(30)29(3)4/h5-12H,13-18H2,1-4H3,(H2,26,27,28). The minimum Gasteiger partial charge on any atom is -0.381 e. The van der Waals surface area contributed by atoms with E-state index in [1.54, 1.807) is 26.0 Å². The average Bonchev–Trinajstić information content (AvgIpc) is 2.80. The van der Waals surface area contributed by atoms with Crippen LogP contribution in [0.5, 0.6) is 0 Å². The quantitative estimate of drug-likeness (QED) is 0.555. The Kier molecular flexibility index (Phi) is 7.69. The zero-order chi connectivity index (χ0) is 22.3. The Morgan fingerprint density at radius 1 is 1.06 bits per heavy atom. The van der Waals surface area contributed by atoms with Crippen molar-refractivity contribution in [1.82, 2.24) is 15.5 Å². The molecule has 0 bridgehead atoms. The minimum absolute atomic E-state index is 0.00921. The molecule has 6 heteroatoms. The molecule has 1 aliphatic rings. The molecule has 2 aromatic rings. The lowest BCUT2D eigenvalue weighted by molar-refractivity contribution is 0.0512. The molecule has 0 unspecified atom stereocenters. The van der Waals surface area contributed by atoms with Crippen LogP contribution in [0.4, 0.5) is 0 Å². The topological polar surface area (TPSA) is 66.0 Å². The van der Waals surface area contributed by atoms with E-state index in [9.17, 15) is 4.79 Å². The van der Waals surface area contributed by atoms with Gasteiger partial charge in [0, 0.05) is 58.4 Å². The van der Waals surface area contributed by atoms with Crippen molar-refractivity contribution in [3.05, 3.63) is 70.8 Å². The SMILES string of the molecule is CN=C(NCc1ccc(C(=O)N(C)C)cc1)NCC1(c2ccccc2C)CCOCC1. The van der Waals surface area contributed by atoms with Crippen molar-refractivity contribution in [3.8, 4) is 0 Å². The van der Waals surface area contributed by atoms with Gasteiger partial charge in [0.1, 0.15) is 0 Å². The fourth-order valence-corrected chi connectivity index (χ4v) is 4.15. The van der Waals surface area contributed by atoms with Crippen molar-refractivity contribution in [2.75, 3.05) is 40.9 Å². The van der Waals surface area contributed by atoms with Crippen LogP contribution in [0, 0.1) is 6.92 Å². The number of aliphatic imine (C=N–C) groups is 1. The molecular weight excluding hydrogens is 388 g/mol. The molecule has 0 aromatic heterocycles. The monoisotopic (exact) mass is 422 g/mol. The Labute approximate surface area is 185 Å². The van der Waals surface area contributed by atoms with Gasteiger partial charge < -0.3 is 20.3 Å². The van der Waals surface area contributed by atoms with E-state index in [4.69, 9.17) is 4.74 Å². The van der Waals surface area contributed by atoms with Gasteiger partial charge in [0.25, 0.3) is 5.91 Å². The molecule has 0 saturated carbocycles. The number of guanidine groups is 1. The molecular formula is C25H34N4O2. The van der Waals surface area contributed by atoms with Crippen molar-refractivity contribution in [3.63, 3.8) is 0 Å². The first-order chi connectivity index (χ1) is 14.9. The summed E-state index contributed by atoms with van der Waals surface area (Å²) in [6, 6.07) is 16.3. The number of rotatable bonds is 6. The number of nitrogens with one attached hydrogen (secondary N) is 2. The van der Waals surface area contributed by atoms with Crippen molar-refractivity contribution in [1.29, 1.82) is 0 Å². The maximum atomic E-state index is 12.0. The van der Waals surface area contributed by atoms with Gasteiger partial charge in [-0.05, 0) is 48.6 Å². The van der Waals surface area contributed by atoms with Gasteiger partial charge in [0.2, 0.25) is 0 Å². The second-order valence-corrected chi connectivity index (χ2v) is 8.38. The third-order valence-electron chi connectivity index (χ3n) is 6.05. The van der Waals surface area contributed by atoms with Gasteiger partial charge >= 0.3 is 0 Å². The van der Waals surface area contributed by atoms with Crippen molar-refractivity contribution in [2.24, 2.45) is 4.99 Å². The molecule has 6 nitrogen and oxygen atoms in total. The summed E-state index contributed by atoms with van der Waals surface area (Å²) in [5, 5.41) is 6.94. The first kappa shape index (κ1) is 22.8. The van der Waals surface area contributed by atoms with Gasteiger partial charge in [0.15, 0.2) is 5.96 Å². The molecule has 166 valence electrons. The summed E-state index contributed by atoms with van der Waals surface area (Å²) < 4.78 is 5.67. The molecule has 31 heavy (non-hydrogen) atoms. The van der Waals surface area contributed by atoms with E-state index in [0.717, 1.165) is 44.1 Å². The van der Waals surface area contributed by atoms with Gasteiger partial charge in [-0.2, -0.15) is 0 Å². The third kappa shape index (κ3) is 5.64. The van der Waals surface area contributed by atoms with E-state index in [1.807, 2.05) is 24.3 Å². The third-order valence-corrected chi connectivity index (χ3v) is 6.05. The van der Waals surface area contributed by atoms with E-state index >= 15 is 0 Å². The summed E-state index contributed by atoms with van der Waals surface area (Å²) in [6.45, 7) is 5.18. The summed E-state index contributed by atoms with van der Waals surface area (Å²) >= 11 is 0. The number of hydrogen-bond acceptors (Lipinski definition) is 3. The normalized spacial score (nSPS) is 15.9. The Hall–Kier alpha value is -2.86. The van der Waals surface area contributed by atoms with Crippen LogP contribution in [-0.4, -0.2) is 57.7 Å². The van der Waals surface area contributed by atoms with Crippen LogP contribution in [0.2, 0.25) is 0 Å². The molecule has 2 aromatic carbocycles. The predicted octanol–water partition coefficient (Wildman–Crippen LogP) is 3.11. The number of nitrogens with zero attached hydrogens (tertiary/aromatic N) is 2. The van der Waals surface area contributed by atoms with Crippen molar-refractivity contribution < 1.29 is 9.53 Å². The van der Waals surface area contributed by atoms with Gasteiger partial charge in [0.05, 0.1) is 0 Å². The Morgan fingerprint density at radius 3 is 2.35 bits per heavy atom. The zero-order valence-corrected chi connectivity index (χ0v) is 19.1. The number of amides is 1. The summed E-state index contributed by atoms with van der Waals surface area (Å²) in [6.07, 6.45) is 1.98. The molecule has 1 fully saturated rings. The summed E-state index contributed by atoms with van der Waals surface area (Å²) in [5.41, 5.74) is 4.54. The first-order valence-electron chi connectivity index (χ1n) is 10.8. The van der Waals surface area contributed by atoms with Crippen molar-refractivity contribution >= 4 is 11.9 Å². The Bertz CT molecular complexity index is 900. The van der Waals surface area contributed by atoms with Crippen molar-refractivity contribution in [2.45, 2.75) is 31.7 Å². The van der Waals surface area contributed by atoms with Crippen LogP contribution in [0.1, 0.15) is 39.9 Å². The molecule has 1 heterocycles. The molecule has 3 rings (SSSR count). The minimum atomic E-state index is 0.00921. The number of carbonyl (C=O) groups is 1. The lowest BCUT2D eigenvalue weighted by Gasteiger charge is -2.39. The summed E-state index contributed by atoms with van der Waals surface area (Å²) in [4.78, 5) is 18.0. The van der Waals surface area contributed by atoms with Gasteiger partial charge in [-0.1, -0.05) is 36.4 Å². The van der Waals surface area contributed by atoms with E-state index in [-0.39, 0.29) is 11.3 Å². The maximum absolute atomic E-state index is 12.0. The van der Waals surface area contributed by atoms with Crippen LogP contribution < -0.4 is 10.6 Å². The Balaban J connectivity index is 1.63. The average molecular weight is 423 g/mol. The fourth-order valence-electron chi connectivity index (χ4n) is 4.15. The summed E-state index contributed by atoms with van der Waals surface area (Å²) in [7, 11) is 5.31. The fraction of sp³-hybridized carbons (Fsp3) is 0.440. The molecule has 2 N–H and O–H groups in total. The molecule has 1 aliphatic heterocycles. The summed E-state index contributed by atoms with van der Waals surface area (Å²) in [5.74, 6) is 0.780. The van der Waals surface area contributed by atoms with E-state index < -0.39 is 0 Å². The van der Waals surface area contributed by atoms with Crippen LogP contribution in [0.25, 0.3) is 0 Å². The van der Waals surface area contributed by atoms with E-state index in [1.165, 1.54) is 11.1 Å². The lowest BCUT2D eigenvalue weighted by Crippen LogP contribution is -2.48. The zero-order valence-electron chi connectivity index (χ0n) is 19.1. The van der Waals surface area contributed by atoms with Gasteiger partial charge in [-0.25, -0.2) is 0 Å². The molecule has 1 amide bonds. The number of benzene rings is 2. The van der Waals surface area contributed by atoms with Crippen LogP contribution in [-0.2, 0) is 16.7 Å². The van der Waals surface area contributed by atoms with Crippen LogP contribution >= 0.6 is 0 Å². The predicted molar refractivity (Wildman–Crippen MR) is 126 cm³/mol. The molecule has 0 aliphatic carbocycles. The van der Waals surface area contributed by atoms with Gasteiger partial charge in [-0.3, -0.25) is 9.79 Å². The highest BCUT2D eigenvalue weighted by Gasteiger charge is 2.35. The lowest BCUT2D eigenvalue weighted by atomic mass is 9.72. The molecule has 0 spiro atoms. The first-order valence-corrected chi connectivity index (χ1v) is 10.8. The highest BCUT2D eigenvalue weighted by Crippen LogP contribution is 2.36. The van der Waals surface area contributed by atoms with Gasteiger partial charge in [-0.15, -0.1) is 0 Å².